The minimum absolute atomic E-state index is 0.145. The molecule has 118 valence electrons. The van der Waals surface area contributed by atoms with Crippen molar-refractivity contribution in [2.75, 3.05) is 19.6 Å². The molecular weight excluding hydrogens is 277 g/mol. The van der Waals surface area contributed by atoms with E-state index in [1.54, 1.807) is 12.1 Å². The normalized spacial score (nSPS) is 26.7. The number of fused-ring (bicyclic) bond motifs is 2. The van der Waals surface area contributed by atoms with Crippen LogP contribution >= 0.6 is 0 Å². The fourth-order valence-electron chi connectivity index (χ4n) is 4.26. The van der Waals surface area contributed by atoms with Crippen LogP contribution in [0.3, 0.4) is 0 Å². The van der Waals surface area contributed by atoms with Gasteiger partial charge in [0.1, 0.15) is 5.82 Å². The predicted octanol–water partition coefficient (Wildman–Crippen LogP) is 2.99. The molecule has 2 aliphatic rings. The summed E-state index contributed by atoms with van der Waals surface area (Å²) in [5.74, 6) is -0.145. The molecule has 22 heavy (non-hydrogen) atoms. The van der Waals surface area contributed by atoms with Gasteiger partial charge in [-0.15, -0.1) is 0 Å². The molecule has 0 saturated carbocycles. The van der Waals surface area contributed by atoms with Gasteiger partial charge in [-0.25, -0.2) is 4.39 Å². The summed E-state index contributed by atoms with van der Waals surface area (Å²) in [5, 5.41) is 1.06. The van der Waals surface area contributed by atoms with Crippen molar-refractivity contribution in [1.29, 1.82) is 0 Å². The summed E-state index contributed by atoms with van der Waals surface area (Å²) in [6.45, 7) is 6.82. The molecule has 1 aromatic carbocycles. The van der Waals surface area contributed by atoms with Crippen molar-refractivity contribution in [3.8, 4) is 0 Å². The Hall–Kier alpha value is -1.39. The van der Waals surface area contributed by atoms with E-state index in [0.717, 1.165) is 30.0 Å². The zero-order valence-corrected chi connectivity index (χ0v) is 13.4. The maximum atomic E-state index is 13.6. The molecule has 0 bridgehead atoms. The van der Waals surface area contributed by atoms with Crippen LogP contribution in [0.15, 0.2) is 24.4 Å². The highest BCUT2D eigenvalue weighted by molar-refractivity contribution is 5.84. The Balaban J connectivity index is 1.61. The number of hydrogen-bond donors (Lipinski definition) is 0. The molecular formula is C18H24FN3. The van der Waals surface area contributed by atoms with E-state index in [0.29, 0.717) is 6.04 Å². The Labute approximate surface area is 131 Å². The molecule has 0 aliphatic carbocycles. The zero-order chi connectivity index (χ0) is 15.3. The number of benzene rings is 1. The summed E-state index contributed by atoms with van der Waals surface area (Å²) >= 11 is 0. The minimum Gasteiger partial charge on any atom is -0.350 e. The van der Waals surface area contributed by atoms with E-state index in [2.05, 4.69) is 27.5 Å². The van der Waals surface area contributed by atoms with Gasteiger partial charge in [-0.3, -0.25) is 9.80 Å². The fraction of sp³-hybridized carbons (Fsp3) is 0.556. The highest BCUT2D eigenvalue weighted by Gasteiger charge is 2.34. The average molecular weight is 301 g/mol. The van der Waals surface area contributed by atoms with E-state index in [1.807, 2.05) is 13.1 Å². The molecule has 3 heterocycles. The number of hydrogen-bond acceptors (Lipinski definition) is 2. The van der Waals surface area contributed by atoms with E-state index in [4.69, 9.17) is 0 Å². The molecule has 0 radical (unpaired) electrons. The Kier molecular flexibility index (Phi) is 3.46. The monoisotopic (exact) mass is 301 g/mol. The third-order valence-corrected chi connectivity index (χ3v) is 5.47. The molecule has 2 aliphatic heterocycles. The molecule has 0 spiro atoms. The molecule has 2 atom stereocenters. The number of nitrogens with zero attached hydrogens (tertiary/aromatic N) is 3. The molecule has 2 aromatic rings. The number of piperazine rings is 1. The number of aromatic nitrogens is 1. The van der Waals surface area contributed by atoms with Crippen molar-refractivity contribution in [3.05, 3.63) is 35.8 Å². The molecule has 0 unspecified atom stereocenters. The van der Waals surface area contributed by atoms with Crippen molar-refractivity contribution in [3.63, 3.8) is 0 Å². The quantitative estimate of drug-likeness (QED) is 0.845. The van der Waals surface area contributed by atoms with Crippen LogP contribution < -0.4 is 0 Å². The van der Waals surface area contributed by atoms with Gasteiger partial charge in [-0.1, -0.05) is 0 Å². The molecule has 4 rings (SSSR count). The van der Waals surface area contributed by atoms with Crippen LogP contribution in [-0.2, 0) is 13.6 Å². The first-order chi connectivity index (χ1) is 10.6. The third kappa shape index (κ3) is 2.34. The summed E-state index contributed by atoms with van der Waals surface area (Å²) in [4.78, 5) is 5.22. The largest absolute Gasteiger partial charge is 0.350 e. The van der Waals surface area contributed by atoms with E-state index >= 15 is 0 Å². The third-order valence-electron chi connectivity index (χ3n) is 5.47. The molecule has 4 heteroatoms. The van der Waals surface area contributed by atoms with Crippen LogP contribution in [0.4, 0.5) is 4.39 Å². The van der Waals surface area contributed by atoms with Gasteiger partial charge in [0.2, 0.25) is 0 Å². The maximum absolute atomic E-state index is 13.6. The second-order valence-corrected chi connectivity index (χ2v) is 7.00. The van der Waals surface area contributed by atoms with Crippen molar-refractivity contribution in [1.82, 2.24) is 14.4 Å². The van der Waals surface area contributed by atoms with Crippen LogP contribution in [0.25, 0.3) is 10.9 Å². The predicted molar refractivity (Wildman–Crippen MR) is 87.3 cm³/mol. The number of rotatable bonds is 2. The van der Waals surface area contributed by atoms with Gasteiger partial charge < -0.3 is 4.57 Å². The Morgan fingerprint density at radius 1 is 1.27 bits per heavy atom. The molecule has 2 fully saturated rings. The number of halogens is 1. The topological polar surface area (TPSA) is 11.4 Å². The van der Waals surface area contributed by atoms with Crippen molar-refractivity contribution < 1.29 is 4.39 Å². The highest BCUT2D eigenvalue weighted by atomic mass is 19.1. The summed E-state index contributed by atoms with van der Waals surface area (Å²) in [6.07, 6.45) is 4.83. The fourth-order valence-corrected chi connectivity index (χ4v) is 4.26. The standard InChI is InChI=1S/C18H24FN3/c1-13-9-21-7-3-4-16(21)12-22(13)11-14-10-20(2)18-6-5-15(19)8-17(14)18/h5-6,8,10,13,16H,3-4,7,9,11-12H2,1-2H3/t13-,16+/m1/s1. The van der Waals surface area contributed by atoms with Gasteiger partial charge in [0.05, 0.1) is 0 Å². The SMILES string of the molecule is C[C@@H]1CN2CCC[C@H]2CN1Cc1cn(C)c2ccc(F)cc12. The molecule has 0 N–H and O–H groups in total. The first-order valence-electron chi connectivity index (χ1n) is 8.33. The van der Waals surface area contributed by atoms with Gasteiger partial charge in [0.25, 0.3) is 0 Å². The minimum atomic E-state index is -0.145. The van der Waals surface area contributed by atoms with Gasteiger partial charge >= 0.3 is 0 Å². The van der Waals surface area contributed by atoms with E-state index < -0.39 is 0 Å². The Bertz CT molecular complexity index is 693. The van der Waals surface area contributed by atoms with Crippen molar-refractivity contribution in [2.24, 2.45) is 7.05 Å². The van der Waals surface area contributed by atoms with Crippen LogP contribution in [-0.4, -0.2) is 46.1 Å². The van der Waals surface area contributed by atoms with Crippen LogP contribution in [0, 0.1) is 5.82 Å². The highest BCUT2D eigenvalue weighted by Crippen LogP contribution is 2.28. The van der Waals surface area contributed by atoms with Gasteiger partial charge in [-0.05, 0) is 50.1 Å². The number of aryl methyl sites for hydroxylation is 1. The molecule has 0 amide bonds. The summed E-state index contributed by atoms with van der Waals surface area (Å²) in [6, 6.07) is 6.40. The summed E-state index contributed by atoms with van der Waals surface area (Å²) < 4.78 is 15.7. The lowest BCUT2D eigenvalue weighted by Gasteiger charge is -2.42. The average Bonchev–Trinajstić information content (AvgIpc) is 3.04. The molecule has 2 saturated heterocycles. The van der Waals surface area contributed by atoms with Crippen LogP contribution in [0.1, 0.15) is 25.3 Å². The second kappa shape index (κ2) is 5.36. The summed E-state index contributed by atoms with van der Waals surface area (Å²) in [7, 11) is 2.04. The molecule has 3 nitrogen and oxygen atoms in total. The summed E-state index contributed by atoms with van der Waals surface area (Å²) in [5.41, 5.74) is 2.36. The maximum Gasteiger partial charge on any atom is 0.123 e. The van der Waals surface area contributed by atoms with E-state index in [-0.39, 0.29) is 5.82 Å². The van der Waals surface area contributed by atoms with Gasteiger partial charge in [0, 0.05) is 55.9 Å². The van der Waals surface area contributed by atoms with Gasteiger partial charge in [0.15, 0.2) is 0 Å². The second-order valence-electron chi connectivity index (χ2n) is 7.00. The lowest BCUT2D eigenvalue weighted by atomic mass is 10.1. The Morgan fingerprint density at radius 2 is 2.14 bits per heavy atom. The van der Waals surface area contributed by atoms with Crippen molar-refractivity contribution >= 4 is 10.9 Å². The van der Waals surface area contributed by atoms with Crippen LogP contribution in [0.5, 0.6) is 0 Å². The smallest absolute Gasteiger partial charge is 0.123 e. The van der Waals surface area contributed by atoms with Gasteiger partial charge in [-0.2, -0.15) is 0 Å². The van der Waals surface area contributed by atoms with Crippen molar-refractivity contribution in [2.45, 2.75) is 38.4 Å². The first-order valence-corrected chi connectivity index (χ1v) is 8.33. The lowest BCUT2D eigenvalue weighted by Crippen LogP contribution is -2.54. The lowest BCUT2D eigenvalue weighted by molar-refractivity contribution is 0.0543. The zero-order valence-electron chi connectivity index (χ0n) is 13.4. The van der Waals surface area contributed by atoms with E-state index in [9.17, 15) is 4.39 Å². The molecule has 1 aromatic heterocycles. The van der Waals surface area contributed by atoms with Crippen LogP contribution in [0.2, 0.25) is 0 Å². The Morgan fingerprint density at radius 3 is 3.00 bits per heavy atom. The van der Waals surface area contributed by atoms with E-state index in [1.165, 1.54) is 31.5 Å². The first kappa shape index (κ1) is 14.2.